The molecule has 3 aromatic carbocycles. The summed E-state index contributed by atoms with van der Waals surface area (Å²) in [4.78, 5) is 52.7. The fourth-order valence-electron chi connectivity index (χ4n) is 5.36. The molecule has 0 radical (unpaired) electrons. The molecule has 10 heteroatoms. The predicted octanol–water partition coefficient (Wildman–Crippen LogP) is 4.10. The normalized spacial score (nSPS) is 13.7. The van der Waals surface area contributed by atoms with Gasteiger partial charge in [0.1, 0.15) is 24.3 Å². The van der Waals surface area contributed by atoms with Gasteiger partial charge in [-0.1, -0.05) is 78.9 Å². The largest absolute Gasteiger partial charge is 0.448 e. The van der Waals surface area contributed by atoms with Gasteiger partial charge in [-0.05, 0) is 55.0 Å². The molecule has 0 saturated heterocycles. The van der Waals surface area contributed by atoms with E-state index >= 15 is 0 Å². The van der Waals surface area contributed by atoms with E-state index in [1.807, 2.05) is 54.6 Å². The SMILES string of the molecule is CC(C)(C)OC(=O)NCC[C@@H](C(N)=O)N(C(=O)OCC1c2ccccc2-c2ccccc21)[C@@H](Cc1ccccc1)C(N)=O. The minimum Gasteiger partial charge on any atom is -0.448 e. The van der Waals surface area contributed by atoms with Gasteiger partial charge in [0.15, 0.2) is 0 Å². The maximum Gasteiger partial charge on any atom is 0.411 e. The summed E-state index contributed by atoms with van der Waals surface area (Å²) < 4.78 is 11.1. The van der Waals surface area contributed by atoms with Gasteiger partial charge in [-0.25, -0.2) is 9.59 Å². The number of rotatable bonds is 11. The first-order valence-corrected chi connectivity index (χ1v) is 14.2. The lowest BCUT2D eigenvalue weighted by molar-refractivity contribution is -0.128. The topological polar surface area (TPSA) is 154 Å². The molecule has 0 unspecified atom stereocenters. The molecule has 0 aromatic heterocycles. The first-order chi connectivity index (χ1) is 20.5. The highest BCUT2D eigenvalue weighted by Gasteiger charge is 2.39. The van der Waals surface area contributed by atoms with Crippen molar-refractivity contribution in [3.05, 3.63) is 95.6 Å². The predicted molar refractivity (Wildman–Crippen MR) is 162 cm³/mol. The van der Waals surface area contributed by atoms with Gasteiger partial charge in [-0.3, -0.25) is 14.5 Å². The number of nitrogens with two attached hydrogens (primary N) is 2. The minimum atomic E-state index is -1.31. The Morgan fingerprint density at radius 3 is 1.88 bits per heavy atom. The zero-order chi connectivity index (χ0) is 31.1. The molecule has 4 rings (SSSR count). The molecule has 1 aliphatic rings. The second-order valence-corrected chi connectivity index (χ2v) is 11.5. The van der Waals surface area contributed by atoms with Crippen LogP contribution in [0.4, 0.5) is 9.59 Å². The average Bonchev–Trinajstić information content (AvgIpc) is 3.27. The van der Waals surface area contributed by atoms with Crippen molar-refractivity contribution >= 4 is 24.0 Å². The van der Waals surface area contributed by atoms with Gasteiger partial charge in [0.05, 0.1) is 0 Å². The summed E-state index contributed by atoms with van der Waals surface area (Å²) in [6.45, 7) is 5.06. The van der Waals surface area contributed by atoms with Crippen molar-refractivity contribution < 1.29 is 28.7 Å². The molecule has 0 saturated carbocycles. The highest BCUT2D eigenvalue weighted by molar-refractivity contribution is 5.90. The van der Waals surface area contributed by atoms with Gasteiger partial charge in [-0.2, -0.15) is 0 Å². The van der Waals surface area contributed by atoms with E-state index < -0.39 is 41.7 Å². The Kier molecular flexibility index (Phi) is 9.70. The minimum absolute atomic E-state index is 0.0314. The summed E-state index contributed by atoms with van der Waals surface area (Å²) >= 11 is 0. The maximum atomic E-state index is 13.9. The van der Waals surface area contributed by atoms with Gasteiger partial charge >= 0.3 is 12.2 Å². The molecule has 226 valence electrons. The lowest BCUT2D eigenvalue weighted by Gasteiger charge is -2.35. The Hall–Kier alpha value is -4.86. The number of hydrogen-bond acceptors (Lipinski definition) is 6. The summed E-state index contributed by atoms with van der Waals surface area (Å²) in [6, 6.07) is 22.2. The van der Waals surface area contributed by atoms with E-state index in [0.717, 1.165) is 32.7 Å². The Morgan fingerprint density at radius 2 is 1.35 bits per heavy atom. The van der Waals surface area contributed by atoms with Crippen LogP contribution >= 0.6 is 0 Å². The zero-order valence-electron chi connectivity index (χ0n) is 24.6. The Balaban J connectivity index is 1.60. The van der Waals surface area contributed by atoms with Crippen LogP contribution < -0.4 is 16.8 Å². The van der Waals surface area contributed by atoms with Crippen LogP contribution in [0.15, 0.2) is 78.9 Å². The highest BCUT2D eigenvalue weighted by atomic mass is 16.6. The standard InChI is InChI=1S/C33H38N4O6/c1-33(2,3)43-31(40)36-18-17-27(29(34)38)37(28(30(35)39)19-21-11-5-4-6-12-21)32(41)42-20-26-24-15-9-7-13-22(24)23-14-8-10-16-25(23)26/h4-16,26-28H,17-20H2,1-3H3,(H2,34,38)(H2,35,39)(H,36,40)/t27-,28-/m0/s1. The number of amides is 4. The molecule has 0 aliphatic heterocycles. The van der Waals surface area contributed by atoms with E-state index in [1.165, 1.54) is 0 Å². The lowest BCUT2D eigenvalue weighted by Crippen LogP contribution is -2.58. The monoisotopic (exact) mass is 586 g/mol. The fraction of sp³-hybridized carbons (Fsp3) is 0.333. The number of carbonyl (C=O) groups is 4. The smallest absolute Gasteiger partial charge is 0.411 e. The van der Waals surface area contributed by atoms with Gasteiger partial charge in [0.2, 0.25) is 11.8 Å². The number of fused-ring (bicyclic) bond motifs is 3. The number of benzene rings is 3. The van der Waals surface area contributed by atoms with Crippen molar-refractivity contribution in [3.8, 4) is 11.1 Å². The maximum absolute atomic E-state index is 13.9. The summed E-state index contributed by atoms with van der Waals surface area (Å²) in [5, 5.41) is 2.57. The number of alkyl carbamates (subject to hydrolysis) is 1. The molecule has 0 heterocycles. The van der Waals surface area contributed by atoms with Crippen molar-refractivity contribution in [1.82, 2.24) is 10.2 Å². The molecule has 43 heavy (non-hydrogen) atoms. The van der Waals surface area contributed by atoms with Crippen LogP contribution in [0.3, 0.4) is 0 Å². The lowest BCUT2D eigenvalue weighted by atomic mass is 9.98. The second kappa shape index (κ2) is 13.4. The number of carbonyl (C=O) groups excluding carboxylic acids is 4. The second-order valence-electron chi connectivity index (χ2n) is 11.5. The van der Waals surface area contributed by atoms with Crippen LogP contribution in [0.5, 0.6) is 0 Å². The van der Waals surface area contributed by atoms with Crippen LogP contribution in [0.25, 0.3) is 11.1 Å². The number of primary amides is 2. The van der Waals surface area contributed by atoms with Crippen LogP contribution in [-0.2, 0) is 25.5 Å². The summed E-state index contributed by atoms with van der Waals surface area (Å²) in [6.07, 6.45) is -1.68. The van der Waals surface area contributed by atoms with E-state index in [4.69, 9.17) is 20.9 Å². The van der Waals surface area contributed by atoms with Gasteiger partial charge in [-0.15, -0.1) is 0 Å². The van der Waals surface area contributed by atoms with Crippen molar-refractivity contribution in [1.29, 1.82) is 0 Å². The van der Waals surface area contributed by atoms with Gasteiger partial charge in [0, 0.05) is 18.9 Å². The van der Waals surface area contributed by atoms with E-state index in [9.17, 15) is 19.2 Å². The number of nitrogens with one attached hydrogen (secondary N) is 1. The molecular formula is C33H38N4O6. The fourth-order valence-corrected chi connectivity index (χ4v) is 5.36. The summed E-state index contributed by atoms with van der Waals surface area (Å²) in [7, 11) is 0. The van der Waals surface area contributed by atoms with Crippen molar-refractivity contribution in [2.24, 2.45) is 11.5 Å². The van der Waals surface area contributed by atoms with Crippen LogP contribution in [0.2, 0.25) is 0 Å². The van der Waals surface area contributed by atoms with E-state index in [1.54, 1.807) is 45.0 Å². The molecule has 4 amide bonds. The molecule has 0 bridgehead atoms. The molecule has 5 N–H and O–H groups in total. The Labute approximate surface area is 251 Å². The molecule has 0 spiro atoms. The van der Waals surface area contributed by atoms with Gasteiger partial charge in [0.25, 0.3) is 0 Å². The molecule has 3 aromatic rings. The summed E-state index contributed by atoms with van der Waals surface area (Å²) in [5.74, 6) is -1.96. The van der Waals surface area contributed by atoms with E-state index in [2.05, 4.69) is 5.32 Å². The number of nitrogens with zero attached hydrogens (tertiary/aromatic N) is 1. The molecular weight excluding hydrogens is 548 g/mol. The first kappa shape index (κ1) is 31.1. The number of hydrogen-bond donors (Lipinski definition) is 3. The quantitative estimate of drug-likeness (QED) is 0.307. The zero-order valence-corrected chi connectivity index (χ0v) is 24.6. The molecule has 10 nitrogen and oxygen atoms in total. The van der Waals surface area contributed by atoms with Gasteiger partial charge < -0.3 is 26.3 Å². The third kappa shape index (κ3) is 7.71. The summed E-state index contributed by atoms with van der Waals surface area (Å²) in [5.41, 5.74) is 15.7. The first-order valence-electron chi connectivity index (χ1n) is 14.2. The number of ether oxygens (including phenoxy) is 2. The van der Waals surface area contributed by atoms with Crippen LogP contribution in [-0.4, -0.2) is 59.7 Å². The van der Waals surface area contributed by atoms with Crippen LogP contribution in [0.1, 0.15) is 49.8 Å². The average molecular weight is 587 g/mol. The Morgan fingerprint density at radius 1 is 0.814 bits per heavy atom. The molecule has 0 fully saturated rings. The van der Waals surface area contributed by atoms with Crippen LogP contribution in [0, 0.1) is 0 Å². The Bertz CT molecular complexity index is 1420. The third-order valence-corrected chi connectivity index (χ3v) is 7.23. The van der Waals surface area contributed by atoms with E-state index in [0.29, 0.717) is 0 Å². The van der Waals surface area contributed by atoms with Crippen molar-refractivity contribution in [3.63, 3.8) is 0 Å². The third-order valence-electron chi connectivity index (χ3n) is 7.23. The molecule has 1 aliphatic carbocycles. The van der Waals surface area contributed by atoms with Crippen molar-refractivity contribution in [2.75, 3.05) is 13.2 Å². The van der Waals surface area contributed by atoms with Crippen molar-refractivity contribution in [2.45, 2.75) is 57.2 Å². The highest BCUT2D eigenvalue weighted by Crippen LogP contribution is 2.44. The van der Waals surface area contributed by atoms with E-state index in [-0.39, 0.29) is 31.9 Å². The molecule has 2 atom stereocenters.